The van der Waals surface area contributed by atoms with Crippen molar-refractivity contribution in [3.63, 3.8) is 0 Å². The van der Waals surface area contributed by atoms with E-state index in [-0.39, 0.29) is 0 Å². The van der Waals surface area contributed by atoms with Gasteiger partial charge in [0.15, 0.2) is 5.11 Å². The molecule has 0 saturated carbocycles. The lowest BCUT2D eigenvalue weighted by Crippen LogP contribution is -2.28. The zero-order valence-electron chi connectivity index (χ0n) is 14.3. The first-order valence-corrected chi connectivity index (χ1v) is 10.5. The van der Waals surface area contributed by atoms with Gasteiger partial charge >= 0.3 is 0 Å². The van der Waals surface area contributed by atoms with Crippen LogP contribution in [0.5, 0.6) is 0 Å². The van der Waals surface area contributed by atoms with Gasteiger partial charge in [0.2, 0.25) is 0 Å². The molecule has 0 atom stereocenters. The van der Waals surface area contributed by atoms with Crippen molar-refractivity contribution < 1.29 is 0 Å². The molecule has 3 aromatic heterocycles. The fraction of sp³-hybridized carbons (Fsp3) is 0.0500. The Hall–Kier alpha value is -2.61. The first kappa shape index (κ1) is 17.8. The van der Waals surface area contributed by atoms with Crippen molar-refractivity contribution in [3.05, 3.63) is 65.9 Å². The van der Waals surface area contributed by atoms with Crippen molar-refractivity contribution >= 4 is 56.7 Å². The Morgan fingerprint density at radius 1 is 1.00 bits per heavy atom. The van der Waals surface area contributed by atoms with Gasteiger partial charge in [-0.15, -0.1) is 29.3 Å². The van der Waals surface area contributed by atoms with Gasteiger partial charge in [0.1, 0.15) is 11.4 Å². The largest absolute Gasteiger partial charge is 0.359 e. The molecule has 0 saturated heterocycles. The second kappa shape index (κ2) is 7.96. The highest BCUT2D eigenvalue weighted by Crippen LogP contribution is 2.35. The number of fused-ring (bicyclic) bond motifs is 1. The lowest BCUT2D eigenvalue weighted by molar-refractivity contribution is 1.06. The highest BCUT2D eigenvalue weighted by Gasteiger charge is 2.15. The van der Waals surface area contributed by atoms with Crippen LogP contribution in [0.25, 0.3) is 32.2 Å². The van der Waals surface area contributed by atoms with Gasteiger partial charge in [-0.05, 0) is 53.3 Å². The third-order valence-corrected chi connectivity index (χ3v) is 5.84. The standard InChI is InChI=1S/C20H16N4S3/c1-2-9-21-20(25)22-13-7-8-14-15(12-13)24-19(17-6-4-11-27-17)18(23-14)16-5-3-10-26-16/h2-8,10-12H,1,9H2,(H2,21,22,25). The van der Waals surface area contributed by atoms with E-state index in [1.165, 1.54) is 0 Å². The molecule has 27 heavy (non-hydrogen) atoms. The maximum Gasteiger partial charge on any atom is 0.171 e. The quantitative estimate of drug-likeness (QED) is 0.334. The lowest BCUT2D eigenvalue weighted by atomic mass is 10.2. The van der Waals surface area contributed by atoms with E-state index in [0.717, 1.165) is 37.9 Å². The van der Waals surface area contributed by atoms with Crippen LogP contribution in [0.4, 0.5) is 5.69 Å². The second-order valence-corrected chi connectivity index (χ2v) is 8.01. The molecule has 3 heterocycles. The van der Waals surface area contributed by atoms with Crippen molar-refractivity contribution in [1.29, 1.82) is 0 Å². The highest BCUT2D eigenvalue weighted by molar-refractivity contribution is 7.80. The molecule has 0 aliphatic carbocycles. The van der Waals surface area contributed by atoms with E-state index >= 15 is 0 Å². The number of nitrogens with zero attached hydrogens (tertiary/aromatic N) is 2. The molecule has 1 aromatic carbocycles. The van der Waals surface area contributed by atoms with E-state index in [1.54, 1.807) is 28.7 Å². The third-order valence-electron chi connectivity index (χ3n) is 3.84. The van der Waals surface area contributed by atoms with E-state index in [1.807, 2.05) is 30.3 Å². The fourth-order valence-electron chi connectivity index (χ4n) is 2.64. The molecule has 4 aromatic rings. The Bertz CT molecular complexity index is 1090. The van der Waals surface area contributed by atoms with Crippen LogP contribution in [0.15, 0.2) is 65.9 Å². The van der Waals surface area contributed by atoms with Gasteiger partial charge in [-0.2, -0.15) is 0 Å². The summed E-state index contributed by atoms with van der Waals surface area (Å²) in [6.07, 6.45) is 1.76. The Morgan fingerprint density at radius 3 is 2.26 bits per heavy atom. The van der Waals surface area contributed by atoms with Gasteiger partial charge in [-0.1, -0.05) is 18.2 Å². The number of anilines is 1. The summed E-state index contributed by atoms with van der Waals surface area (Å²) >= 11 is 8.62. The van der Waals surface area contributed by atoms with Gasteiger partial charge in [0.05, 0.1) is 20.8 Å². The molecule has 0 unspecified atom stereocenters. The van der Waals surface area contributed by atoms with E-state index in [4.69, 9.17) is 22.2 Å². The van der Waals surface area contributed by atoms with E-state index < -0.39 is 0 Å². The smallest absolute Gasteiger partial charge is 0.171 e. The number of aromatic nitrogens is 2. The van der Waals surface area contributed by atoms with E-state index in [9.17, 15) is 0 Å². The van der Waals surface area contributed by atoms with Crippen molar-refractivity contribution in [3.8, 4) is 21.1 Å². The second-order valence-electron chi connectivity index (χ2n) is 5.70. The molecule has 0 aliphatic heterocycles. The van der Waals surface area contributed by atoms with Crippen molar-refractivity contribution in [2.24, 2.45) is 0 Å². The first-order valence-electron chi connectivity index (χ1n) is 8.30. The minimum absolute atomic E-state index is 0.552. The normalized spacial score (nSPS) is 10.7. The summed E-state index contributed by atoms with van der Waals surface area (Å²) in [4.78, 5) is 12.1. The summed E-state index contributed by atoms with van der Waals surface area (Å²) in [5.41, 5.74) is 4.39. The molecule has 0 bridgehead atoms. The zero-order valence-corrected chi connectivity index (χ0v) is 16.8. The van der Waals surface area contributed by atoms with Crippen molar-refractivity contribution in [1.82, 2.24) is 15.3 Å². The van der Waals surface area contributed by atoms with E-state index in [2.05, 4.69) is 40.1 Å². The predicted molar refractivity (Wildman–Crippen MR) is 121 cm³/mol. The SMILES string of the molecule is C=CCNC(=S)Nc1ccc2nc(-c3cccs3)c(-c3cccs3)nc2c1. The van der Waals surface area contributed by atoms with Gasteiger partial charge < -0.3 is 10.6 Å². The Morgan fingerprint density at radius 2 is 1.67 bits per heavy atom. The van der Waals surface area contributed by atoms with Crippen LogP contribution in [0.1, 0.15) is 0 Å². The minimum atomic E-state index is 0.552. The predicted octanol–water partition coefficient (Wildman–Crippen LogP) is 5.56. The first-order chi connectivity index (χ1) is 13.2. The Kier molecular flexibility index (Phi) is 5.24. The van der Waals surface area contributed by atoms with Crippen LogP contribution in [-0.2, 0) is 0 Å². The topological polar surface area (TPSA) is 49.8 Å². The molecule has 4 nitrogen and oxygen atoms in total. The molecule has 4 rings (SSSR count). The number of thiocarbonyl (C=S) groups is 1. The van der Waals surface area contributed by atoms with Crippen LogP contribution in [-0.4, -0.2) is 21.6 Å². The summed E-state index contributed by atoms with van der Waals surface area (Å²) in [6.45, 7) is 4.29. The number of hydrogen-bond acceptors (Lipinski definition) is 5. The summed E-state index contributed by atoms with van der Waals surface area (Å²) in [5, 5.41) is 10.9. The molecule has 0 amide bonds. The Balaban J connectivity index is 1.77. The number of benzene rings is 1. The third kappa shape index (κ3) is 3.90. The molecule has 7 heteroatoms. The lowest BCUT2D eigenvalue weighted by Gasteiger charge is -2.11. The molecule has 134 valence electrons. The summed E-state index contributed by atoms with van der Waals surface area (Å²) in [5.74, 6) is 0. The minimum Gasteiger partial charge on any atom is -0.359 e. The van der Waals surface area contributed by atoms with Crippen LogP contribution in [0.2, 0.25) is 0 Å². The highest BCUT2D eigenvalue weighted by atomic mass is 32.1. The fourth-order valence-corrected chi connectivity index (χ4v) is 4.27. The van der Waals surface area contributed by atoms with Crippen molar-refractivity contribution in [2.45, 2.75) is 0 Å². The molecule has 0 fully saturated rings. The summed E-state index contributed by atoms with van der Waals surface area (Å²) in [7, 11) is 0. The number of thiophene rings is 2. The number of nitrogens with one attached hydrogen (secondary N) is 2. The Labute approximate surface area is 170 Å². The number of hydrogen-bond donors (Lipinski definition) is 2. The van der Waals surface area contributed by atoms with Gasteiger partial charge in [-0.3, -0.25) is 0 Å². The molecular formula is C20H16N4S3. The van der Waals surface area contributed by atoms with Crippen molar-refractivity contribution in [2.75, 3.05) is 11.9 Å². The van der Waals surface area contributed by atoms with Gasteiger partial charge in [-0.25, -0.2) is 9.97 Å². The average molecular weight is 409 g/mol. The summed E-state index contributed by atoms with van der Waals surface area (Å²) < 4.78 is 0. The zero-order chi connectivity index (χ0) is 18.6. The summed E-state index contributed by atoms with van der Waals surface area (Å²) in [6, 6.07) is 14.1. The molecule has 2 N–H and O–H groups in total. The number of rotatable bonds is 5. The van der Waals surface area contributed by atoms with Crippen LogP contribution in [0, 0.1) is 0 Å². The monoisotopic (exact) mass is 408 g/mol. The van der Waals surface area contributed by atoms with Gasteiger partial charge in [0, 0.05) is 12.2 Å². The molecule has 0 spiro atoms. The average Bonchev–Trinajstić information content (AvgIpc) is 3.39. The van der Waals surface area contributed by atoms with Gasteiger partial charge in [0.25, 0.3) is 0 Å². The molecule has 0 radical (unpaired) electrons. The maximum absolute atomic E-state index is 5.29. The molecular weight excluding hydrogens is 392 g/mol. The van der Waals surface area contributed by atoms with E-state index in [0.29, 0.717) is 11.7 Å². The van der Waals surface area contributed by atoms with Crippen LogP contribution in [0.3, 0.4) is 0 Å². The van der Waals surface area contributed by atoms with Crippen LogP contribution < -0.4 is 10.6 Å². The van der Waals surface area contributed by atoms with Crippen LogP contribution >= 0.6 is 34.9 Å². The maximum atomic E-state index is 5.29. The molecule has 0 aliphatic rings.